The second-order valence-corrected chi connectivity index (χ2v) is 4.42. The van der Waals surface area contributed by atoms with Crippen molar-refractivity contribution in [1.82, 2.24) is 9.88 Å². The number of hydrogen-bond acceptors (Lipinski definition) is 2. The molecule has 1 aliphatic rings. The van der Waals surface area contributed by atoms with Gasteiger partial charge in [0.05, 0.1) is 23.3 Å². The summed E-state index contributed by atoms with van der Waals surface area (Å²) in [5.41, 5.74) is 2.42. The molecule has 0 N–H and O–H groups in total. The van der Waals surface area contributed by atoms with Crippen LogP contribution in [-0.2, 0) is 6.54 Å². The summed E-state index contributed by atoms with van der Waals surface area (Å²) >= 11 is 5.91. The molecule has 16 heavy (non-hydrogen) atoms. The molecule has 0 atom stereocenters. The molecule has 1 aliphatic heterocycles. The second-order valence-electron chi connectivity index (χ2n) is 3.98. The molecule has 1 aromatic heterocycles. The third-order valence-electron chi connectivity index (χ3n) is 2.82. The Morgan fingerprint density at radius 3 is 3.00 bits per heavy atom. The number of hydrogen-bond donors (Lipinski definition) is 0. The van der Waals surface area contributed by atoms with Crippen molar-refractivity contribution in [2.24, 2.45) is 0 Å². The molecule has 0 unspecified atom stereocenters. The van der Waals surface area contributed by atoms with Gasteiger partial charge in [-0.25, -0.2) is 0 Å². The minimum Gasteiger partial charge on any atom is -0.336 e. The van der Waals surface area contributed by atoms with Crippen molar-refractivity contribution in [2.75, 3.05) is 7.05 Å². The van der Waals surface area contributed by atoms with E-state index in [-0.39, 0.29) is 5.91 Å². The maximum Gasteiger partial charge on any atom is 0.255 e. The lowest BCUT2D eigenvalue weighted by Crippen LogP contribution is -2.17. The number of halogens is 1. The first kappa shape index (κ1) is 9.60. The fourth-order valence-electron chi connectivity index (χ4n) is 2.00. The van der Waals surface area contributed by atoms with Gasteiger partial charge in [-0.2, -0.15) is 0 Å². The lowest BCUT2D eigenvalue weighted by Gasteiger charge is -2.03. The summed E-state index contributed by atoms with van der Waals surface area (Å²) in [5.74, 6) is 0.0318. The molecule has 2 heterocycles. The SMILES string of the molecule is CN1Cc2nc3ccc(Cl)cc3cc2C1=O. The minimum absolute atomic E-state index is 0.0318. The highest BCUT2D eigenvalue weighted by Crippen LogP contribution is 2.25. The first-order valence-electron chi connectivity index (χ1n) is 5.00. The minimum atomic E-state index is 0.0318. The lowest BCUT2D eigenvalue weighted by atomic mass is 10.1. The molecule has 3 rings (SSSR count). The van der Waals surface area contributed by atoms with Crippen LogP contribution in [0.2, 0.25) is 5.02 Å². The Morgan fingerprint density at radius 1 is 1.38 bits per heavy atom. The monoisotopic (exact) mass is 232 g/mol. The van der Waals surface area contributed by atoms with Crippen molar-refractivity contribution in [1.29, 1.82) is 0 Å². The summed E-state index contributed by atoms with van der Waals surface area (Å²) in [6.45, 7) is 0.590. The second kappa shape index (κ2) is 3.19. The fraction of sp³-hybridized carbons (Fsp3) is 0.167. The average molecular weight is 233 g/mol. The van der Waals surface area contributed by atoms with Gasteiger partial charge in [0.25, 0.3) is 5.91 Å². The van der Waals surface area contributed by atoms with E-state index < -0.39 is 0 Å². The number of nitrogens with zero attached hydrogens (tertiary/aromatic N) is 2. The molecule has 0 spiro atoms. The Morgan fingerprint density at radius 2 is 2.19 bits per heavy atom. The van der Waals surface area contributed by atoms with Crippen LogP contribution in [0.3, 0.4) is 0 Å². The summed E-state index contributed by atoms with van der Waals surface area (Å²) in [7, 11) is 1.78. The quantitative estimate of drug-likeness (QED) is 0.699. The smallest absolute Gasteiger partial charge is 0.255 e. The first-order chi connectivity index (χ1) is 7.65. The number of benzene rings is 1. The molecule has 1 amide bonds. The van der Waals surface area contributed by atoms with Gasteiger partial charge in [-0.1, -0.05) is 11.6 Å². The summed E-state index contributed by atoms with van der Waals surface area (Å²) < 4.78 is 0. The topological polar surface area (TPSA) is 33.2 Å². The Kier molecular flexibility index (Phi) is 1.91. The van der Waals surface area contributed by atoms with Gasteiger partial charge in [0.1, 0.15) is 0 Å². The maximum absolute atomic E-state index is 11.8. The van der Waals surface area contributed by atoms with Crippen molar-refractivity contribution in [3.63, 3.8) is 0 Å². The van der Waals surface area contributed by atoms with E-state index in [9.17, 15) is 4.79 Å². The van der Waals surface area contributed by atoms with Gasteiger partial charge in [-0.15, -0.1) is 0 Å². The molecule has 3 nitrogen and oxygen atoms in total. The molecule has 0 saturated carbocycles. The first-order valence-corrected chi connectivity index (χ1v) is 5.37. The number of rotatable bonds is 0. The normalized spacial score (nSPS) is 14.6. The molecule has 0 bridgehead atoms. The average Bonchev–Trinajstić information content (AvgIpc) is 2.52. The van der Waals surface area contributed by atoms with E-state index in [0.717, 1.165) is 16.6 Å². The molecule has 0 fully saturated rings. The zero-order chi connectivity index (χ0) is 11.3. The molecule has 0 saturated heterocycles. The van der Waals surface area contributed by atoms with Crippen LogP contribution < -0.4 is 0 Å². The van der Waals surface area contributed by atoms with Crippen molar-refractivity contribution in [3.8, 4) is 0 Å². The highest BCUT2D eigenvalue weighted by Gasteiger charge is 2.25. The molecule has 0 radical (unpaired) electrons. The van der Waals surface area contributed by atoms with Gasteiger partial charge >= 0.3 is 0 Å². The Balaban J connectivity index is 2.30. The Hall–Kier alpha value is -1.61. The summed E-state index contributed by atoms with van der Waals surface area (Å²) in [5, 5.41) is 1.57. The third-order valence-corrected chi connectivity index (χ3v) is 3.05. The number of aromatic nitrogens is 1. The van der Waals surface area contributed by atoms with Crippen LogP contribution in [0.15, 0.2) is 24.3 Å². The van der Waals surface area contributed by atoms with Crippen molar-refractivity contribution >= 4 is 28.4 Å². The van der Waals surface area contributed by atoms with Crippen LogP contribution in [-0.4, -0.2) is 22.8 Å². The zero-order valence-electron chi connectivity index (χ0n) is 8.70. The van der Waals surface area contributed by atoms with Crippen LogP contribution in [0.5, 0.6) is 0 Å². The van der Waals surface area contributed by atoms with Crippen LogP contribution in [0.4, 0.5) is 0 Å². The van der Waals surface area contributed by atoms with E-state index in [1.165, 1.54) is 0 Å². The van der Waals surface area contributed by atoms with Gasteiger partial charge in [0.2, 0.25) is 0 Å². The van der Waals surface area contributed by atoms with Crippen molar-refractivity contribution in [3.05, 3.63) is 40.5 Å². The van der Waals surface area contributed by atoms with E-state index in [1.54, 1.807) is 11.9 Å². The molecule has 0 aliphatic carbocycles. The molecule has 4 heteroatoms. The summed E-state index contributed by atoms with van der Waals surface area (Å²) in [6.07, 6.45) is 0. The number of carbonyl (C=O) groups excluding carboxylic acids is 1. The van der Waals surface area contributed by atoms with Gasteiger partial charge in [0, 0.05) is 17.5 Å². The summed E-state index contributed by atoms with van der Waals surface area (Å²) in [6, 6.07) is 7.38. The lowest BCUT2D eigenvalue weighted by molar-refractivity contribution is 0.0816. The van der Waals surface area contributed by atoms with Crippen LogP contribution >= 0.6 is 11.6 Å². The highest BCUT2D eigenvalue weighted by molar-refractivity contribution is 6.31. The van der Waals surface area contributed by atoms with E-state index in [2.05, 4.69) is 4.98 Å². The predicted molar refractivity (Wildman–Crippen MR) is 62.6 cm³/mol. The number of pyridine rings is 1. The number of amides is 1. The molecule has 80 valence electrons. The van der Waals surface area contributed by atoms with Gasteiger partial charge in [0.15, 0.2) is 0 Å². The Labute approximate surface area is 97.6 Å². The van der Waals surface area contributed by atoms with Crippen LogP contribution in [0.1, 0.15) is 16.1 Å². The summed E-state index contributed by atoms with van der Waals surface area (Å²) in [4.78, 5) is 17.9. The molecular formula is C12H9ClN2O. The third kappa shape index (κ3) is 1.28. The van der Waals surface area contributed by atoms with Gasteiger partial charge in [-0.3, -0.25) is 9.78 Å². The maximum atomic E-state index is 11.8. The Bertz CT molecular complexity index is 609. The van der Waals surface area contributed by atoms with E-state index in [0.29, 0.717) is 17.1 Å². The standard InChI is InChI=1S/C12H9ClN2O/c1-15-6-11-9(12(15)16)5-7-4-8(13)2-3-10(7)14-11/h2-5H,6H2,1H3. The molecule has 1 aromatic carbocycles. The van der Waals surface area contributed by atoms with E-state index >= 15 is 0 Å². The van der Waals surface area contributed by atoms with Gasteiger partial charge in [-0.05, 0) is 24.3 Å². The van der Waals surface area contributed by atoms with Gasteiger partial charge < -0.3 is 4.90 Å². The zero-order valence-corrected chi connectivity index (χ0v) is 9.45. The molecule has 2 aromatic rings. The van der Waals surface area contributed by atoms with E-state index in [4.69, 9.17) is 11.6 Å². The van der Waals surface area contributed by atoms with Crippen LogP contribution in [0, 0.1) is 0 Å². The van der Waals surface area contributed by atoms with E-state index in [1.807, 2.05) is 24.3 Å². The van der Waals surface area contributed by atoms with Crippen LogP contribution in [0.25, 0.3) is 10.9 Å². The molecular weight excluding hydrogens is 224 g/mol. The fourth-order valence-corrected chi connectivity index (χ4v) is 2.18. The largest absolute Gasteiger partial charge is 0.336 e. The highest BCUT2D eigenvalue weighted by atomic mass is 35.5. The van der Waals surface area contributed by atoms with Crippen molar-refractivity contribution < 1.29 is 4.79 Å². The number of fused-ring (bicyclic) bond motifs is 2. The predicted octanol–water partition coefficient (Wildman–Crippen LogP) is 2.47. The number of carbonyl (C=O) groups is 1. The van der Waals surface area contributed by atoms with Crippen molar-refractivity contribution in [2.45, 2.75) is 6.54 Å².